The first-order valence-corrected chi connectivity index (χ1v) is 10.4. The fraction of sp³-hybridized carbons (Fsp3) is 0.308. The smallest absolute Gasteiger partial charge is 0.115 e. The molecule has 0 aliphatic carbocycles. The van der Waals surface area contributed by atoms with Crippen LogP contribution in [0, 0.1) is 0 Å². The summed E-state index contributed by atoms with van der Waals surface area (Å²) in [6.07, 6.45) is -0.585. The second-order valence-electron chi connectivity index (χ2n) is 7.47. The number of rotatable bonds is 9. The molecule has 0 spiro atoms. The van der Waals surface area contributed by atoms with Crippen molar-refractivity contribution in [1.29, 1.82) is 0 Å². The molecule has 1 saturated heterocycles. The van der Waals surface area contributed by atoms with Crippen LogP contribution in [0.1, 0.15) is 16.7 Å². The number of hydrogen-bond donors (Lipinski definition) is 0. The van der Waals surface area contributed by atoms with Gasteiger partial charge in [0.25, 0.3) is 0 Å². The first-order valence-electron chi connectivity index (χ1n) is 10.4. The summed E-state index contributed by atoms with van der Waals surface area (Å²) in [5.74, 6) is 0. The van der Waals surface area contributed by atoms with Gasteiger partial charge in [-0.2, -0.15) is 0 Å². The minimum atomic E-state index is -0.202. The molecule has 3 aromatic rings. The average Bonchev–Trinajstić information content (AvgIpc) is 2.82. The molecule has 1 heterocycles. The maximum absolute atomic E-state index is 6.34. The Labute approximate surface area is 178 Å². The quantitative estimate of drug-likeness (QED) is 0.515. The van der Waals surface area contributed by atoms with Crippen molar-refractivity contribution in [3.63, 3.8) is 0 Å². The Morgan fingerprint density at radius 1 is 0.533 bits per heavy atom. The van der Waals surface area contributed by atoms with E-state index in [-0.39, 0.29) is 18.3 Å². The molecule has 0 saturated carbocycles. The van der Waals surface area contributed by atoms with Crippen LogP contribution < -0.4 is 0 Å². The van der Waals surface area contributed by atoms with Crippen molar-refractivity contribution in [3.8, 4) is 0 Å². The van der Waals surface area contributed by atoms with Crippen molar-refractivity contribution in [3.05, 3.63) is 108 Å². The second kappa shape index (κ2) is 11.0. The molecule has 0 radical (unpaired) electrons. The molecule has 2 atom stereocenters. The second-order valence-corrected chi connectivity index (χ2v) is 7.47. The minimum absolute atomic E-state index is 0.191. The molecule has 30 heavy (non-hydrogen) atoms. The topological polar surface area (TPSA) is 36.9 Å². The van der Waals surface area contributed by atoms with E-state index in [0.29, 0.717) is 33.0 Å². The van der Waals surface area contributed by atoms with E-state index in [9.17, 15) is 0 Å². The summed E-state index contributed by atoms with van der Waals surface area (Å²) in [5, 5.41) is 0. The van der Waals surface area contributed by atoms with Gasteiger partial charge in [0.15, 0.2) is 0 Å². The predicted octanol–water partition coefficient (Wildman–Crippen LogP) is 4.77. The van der Waals surface area contributed by atoms with Gasteiger partial charge in [-0.3, -0.25) is 0 Å². The van der Waals surface area contributed by atoms with Crippen LogP contribution >= 0.6 is 0 Å². The zero-order valence-electron chi connectivity index (χ0n) is 17.1. The molecule has 1 fully saturated rings. The lowest BCUT2D eigenvalue weighted by Gasteiger charge is -2.37. The first-order chi connectivity index (χ1) is 14.9. The van der Waals surface area contributed by atoms with Crippen LogP contribution in [0.3, 0.4) is 0 Å². The van der Waals surface area contributed by atoms with Crippen molar-refractivity contribution < 1.29 is 18.9 Å². The van der Waals surface area contributed by atoms with Crippen LogP contribution in [0.4, 0.5) is 0 Å². The van der Waals surface area contributed by atoms with Crippen LogP contribution in [0.5, 0.6) is 0 Å². The number of benzene rings is 3. The SMILES string of the molecule is c1ccc(COC2COCC(OCc3ccccc3)C2OCc2ccccc2)cc1. The summed E-state index contributed by atoms with van der Waals surface area (Å²) in [4.78, 5) is 0. The van der Waals surface area contributed by atoms with Crippen molar-refractivity contribution in [1.82, 2.24) is 0 Å². The molecule has 156 valence electrons. The van der Waals surface area contributed by atoms with E-state index in [2.05, 4.69) is 36.4 Å². The van der Waals surface area contributed by atoms with Crippen LogP contribution in [0.15, 0.2) is 91.0 Å². The van der Waals surface area contributed by atoms with Crippen LogP contribution in [-0.4, -0.2) is 31.5 Å². The lowest BCUT2D eigenvalue weighted by molar-refractivity contribution is -0.211. The maximum Gasteiger partial charge on any atom is 0.115 e. The van der Waals surface area contributed by atoms with Crippen molar-refractivity contribution >= 4 is 0 Å². The van der Waals surface area contributed by atoms with Crippen LogP contribution in [-0.2, 0) is 38.8 Å². The molecule has 1 aliphatic heterocycles. The van der Waals surface area contributed by atoms with E-state index in [1.807, 2.05) is 54.6 Å². The fourth-order valence-electron chi connectivity index (χ4n) is 3.55. The van der Waals surface area contributed by atoms with E-state index in [4.69, 9.17) is 18.9 Å². The first kappa shape index (κ1) is 20.8. The van der Waals surface area contributed by atoms with Gasteiger partial charge in [0, 0.05) is 0 Å². The largest absolute Gasteiger partial charge is 0.376 e. The third-order valence-electron chi connectivity index (χ3n) is 5.20. The van der Waals surface area contributed by atoms with Gasteiger partial charge in [0.05, 0.1) is 33.0 Å². The molecule has 0 aromatic heterocycles. The Morgan fingerprint density at radius 2 is 0.900 bits per heavy atom. The Balaban J connectivity index is 1.42. The summed E-state index contributed by atoms with van der Waals surface area (Å²) >= 11 is 0. The van der Waals surface area contributed by atoms with Gasteiger partial charge in [-0.1, -0.05) is 91.0 Å². The highest BCUT2D eigenvalue weighted by atomic mass is 16.6. The Kier molecular flexibility index (Phi) is 7.64. The summed E-state index contributed by atoms with van der Waals surface area (Å²) in [7, 11) is 0. The summed E-state index contributed by atoms with van der Waals surface area (Å²) in [6, 6.07) is 30.5. The normalized spacial score (nSPS) is 21.4. The highest BCUT2D eigenvalue weighted by Crippen LogP contribution is 2.22. The van der Waals surface area contributed by atoms with E-state index >= 15 is 0 Å². The van der Waals surface area contributed by atoms with Gasteiger partial charge in [-0.05, 0) is 16.7 Å². The molecule has 4 heteroatoms. The zero-order valence-corrected chi connectivity index (χ0v) is 17.1. The molecule has 0 bridgehead atoms. The molecule has 4 nitrogen and oxygen atoms in total. The lowest BCUT2D eigenvalue weighted by Crippen LogP contribution is -2.51. The van der Waals surface area contributed by atoms with E-state index in [1.165, 1.54) is 0 Å². The molecule has 1 aliphatic rings. The zero-order chi connectivity index (χ0) is 20.4. The van der Waals surface area contributed by atoms with Crippen LogP contribution in [0.25, 0.3) is 0 Å². The molecule has 0 N–H and O–H groups in total. The van der Waals surface area contributed by atoms with E-state index in [1.54, 1.807) is 0 Å². The van der Waals surface area contributed by atoms with Crippen molar-refractivity contribution in [2.24, 2.45) is 0 Å². The van der Waals surface area contributed by atoms with Gasteiger partial charge in [0.2, 0.25) is 0 Å². The van der Waals surface area contributed by atoms with Gasteiger partial charge in [0.1, 0.15) is 18.3 Å². The molecule has 3 aromatic carbocycles. The standard InChI is InChI=1S/C26H28O4/c1-4-10-21(11-5-1)16-28-24-19-27-20-25(29-17-22-12-6-2-7-13-22)26(24)30-18-23-14-8-3-9-15-23/h1-15,24-26H,16-20H2. The summed E-state index contributed by atoms with van der Waals surface area (Å²) < 4.78 is 24.6. The summed E-state index contributed by atoms with van der Waals surface area (Å²) in [6.45, 7) is 2.55. The molecule has 4 rings (SSSR count). The third kappa shape index (κ3) is 6.00. The highest BCUT2D eigenvalue weighted by Gasteiger charge is 2.36. The van der Waals surface area contributed by atoms with E-state index < -0.39 is 0 Å². The van der Waals surface area contributed by atoms with Gasteiger partial charge < -0.3 is 18.9 Å². The van der Waals surface area contributed by atoms with Gasteiger partial charge in [-0.25, -0.2) is 0 Å². The summed E-state index contributed by atoms with van der Waals surface area (Å²) in [5.41, 5.74) is 3.39. The third-order valence-corrected chi connectivity index (χ3v) is 5.20. The number of ether oxygens (including phenoxy) is 4. The maximum atomic E-state index is 6.34. The monoisotopic (exact) mass is 404 g/mol. The van der Waals surface area contributed by atoms with Crippen LogP contribution in [0.2, 0.25) is 0 Å². The van der Waals surface area contributed by atoms with E-state index in [0.717, 1.165) is 16.7 Å². The van der Waals surface area contributed by atoms with Crippen molar-refractivity contribution in [2.75, 3.05) is 13.2 Å². The Hall–Kier alpha value is -2.50. The fourth-order valence-corrected chi connectivity index (χ4v) is 3.55. The molecule has 0 amide bonds. The highest BCUT2D eigenvalue weighted by molar-refractivity contribution is 5.15. The van der Waals surface area contributed by atoms with Gasteiger partial charge in [-0.15, -0.1) is 0 Å². The van der Waals surface area contributed by atoms with Crippen molar-refractivity contribution in [2.45, 2.75) is 38.1 Å². The number of hydrogen-bond acceptors (Lipinski definition) is 4. The molecule has 2 unspecified atom stereocenters. The minimum Gasteiger partial charge on any atom is -0.376 e. The Morgan fingerprint density at radius 3 is 1.30 bits per heavy atom. The molecular formula is C26H28O4. The predicted molar refractivity (Wildman–Crippen MR) is 116 cm³/mol. The lowest BCUT2D eigenvalue weighted by atomic mass is 10.1. The molecular weight excluding hydrogens is 376 g/mol. The Bertz CT molecular complexity index is 802. The van der Waals surface area contributed by atoms with Gasteiger partial charge >= 0.3 is 0 Å². The average molecular weight is 405 g/mol.